The second-order valence-electron chi connectivity index (χ2n) is 3.21. The van der Waals surface area contributed by atoms with Crippen LogP contribution in [0, 0.1) is 0 Å². The zero-order valence-corrected chi connectivity index (χ0v) is 11.5. The van der Waals surface area contributed by atoms with E-state index in [-0.39, 0.29) is 5.78 Å². The first-order valence-electron chi connectivity index (χ1n) is 4.50. The fourth-order valence-electron chi connectivity index (χ4n) is 1.22. The molecule has 0 unspecified atom stereocenters. The lowest BCUT2D eigenvalue weighted by Gasteiger charge is -2.00. The maximum absolute atomic E-state index is 11.2. The van der Waals surface area contributed by atoms with Crippen molar-refractivity contribution in [1.82, 2.24) is 4.98 Å². The van der Waals surface area contributed by atoms with Crippen molar-refractivity contribution in [3.8, 4) is 10.6 Å². The first-order valence-corrected chi connectivity index (χ1v) is 6.49. The Balaban J connectivity index is 2.50. The van der Waals surface area contributed by atoms with E-state index in [1.54, 1.807) is 12.3 Å². The van der Waals surface area contributed by atoms with E-state index < -0.39 is 0 Å². The van der Waals surface area contributed by atoms with Crippen LogP contribution >= 0.6 is 38.9 Å². The number of hydrogen-bond donors (Lipinski definition) is 0. The van der Waals surface area contributed by atoms with Gasteiger partial charge in [0.15, 0.2) is 5.78 Å². The average Bonchev–Trinajstić information content (AvgIpc) is 2.70. The zero-order valence-electron chi connectivity index (χ0n) is 8.33. The van der Waals surface area contributed by atoms with Crippen LogP contribution in [0.1, 0.15) is 16.6 Å². The number of hydrogen-bond acceptors (Lipinski definition) is 3. The van der Waals surface area contributed by atoms with Crippen molar-refractivity contribution in [2.24, 2.45) is 0 Å². The van der Waals surface area contributed by atoms with Gasteiger partial charge in [-0.1, -0.05) is 27.5 Å². The van der Waals surface area contributed by atoms with E-state index in [9.17, 15) is 4.79 Å². The first kappa shape index (κ1) is 11.8. The molecule has 2 nitrogen and oxygen atoms in total. The van der Waals surface area contributed by atoms with Crippen LogP contribution in [0.4, 0.5) is 0 Å². The van der Waals surface area contributed by atoms with Gasteiger partial charge in [-0.25, -0.2) is 4.98 Å². The summed E-state index contributed by atoms with van der Waals surface area (Å²) in [5.41, 5.74) is 0.907. The number of halogens is 2. The number of nitrogens with zero attached hydrogens (tertiary/aromatic N) is 1. The minimum Gasteiger partial charge on any atom is -0.294 e. The lowest BCUT2D eigenvalue weighted by Crippen LogP contribution is -1.83. The lowest BCUT2D eigenvalue weighted by molar-refractivity contribution is 0.102. The molecule has 0 bridgehead atoms. The van der Waals surface area contributed by atoms with Crippen LogP contribution in [0.2, 0.25) is 5.02 Å². The Morgan fingerprint density at radius 3 is 2.88 bits per heavy atom. The minimum atomic E-state index is 0.0295. The molecule has 2 aromatic rings. The third-order valence-corrected chi connectivity index (χ3v) is 4.07. The highest BCUT2D eigenvalue weighted by atomic mass is 79.9. The Labute approximate surface area is 110 Å². The van der Waals surface area contributed by atoms with Crippen LogP contribution < -0.4 is 0 Å². The van der Waals surface area contributed by atoms with Gasteiger partial charge in [0.05, 0.1) is 4.88 Å². The molecule has 0 saturated carbocycles. The molecular weight excluding hydrogens is 310 g/mol. The molecule has 0 aliphatic heterocycles. The minimum absolute atomic E-state index is 0.0295. The quantitative estimate of drug-likeness (QED) is 0.767. The molecule has 0 atom stereocenters. The lowest BCUT2D eigenvalue weighted by atomic mass is 10.2. The van der Waals surface area contributed by atoms with E-state index in [1.807, 2.05) is 12.1 Å². The molecule has 1 heterocycles. The number of Topliss-reactive ketones (excluding diaryl/α,β-unsaturated/α-hetero) is 1. The second-order valence-corrected chi connectivity index (χ2v) is 5.53. The Morgan fingerprint density at radius 2 is 2.25 bits per heavy atom. The van der Waals surface area contributed by atoms with Crippen LogP contribution in [-0.4, -0.2) is 10.8 Å². The molecule has 1 aromatic carbocycles. The number of rotatable bonds is 2. The molecule has 0 radical (unpaired) electrons. The summed E-state index contributed by atoms with van der Waals surface area (Å²) in [6.45, 7) is 1.53. The van der Waals surface area contributed by atoms with Gasteiger partial charge in [0.25, 0.3) is 0 Å². The van der Waals surface area contributed by atoms with E-state index >= 15 is 0 Å². The highest BCUT2D eigenvalue weighted by Gasteiger charge is 2.10. The molecule has 16 heavy (non-hydrogen) atoms. The summed E-state index contributed by atoms with van der Waals surface area (Å²) < 4.78 is 0.918. The summed E-state index contributed by atoms with van der Waals surface area (Å²) in [5, 5.41) is 1.44. The Bertz CT molecular complexity index is 553. The molecular formula is C11H7BrClNOS. The maximum Gasteiger partial charge on any atom is 0.171 e. The highest BCUT2D eigenvalue weighted by Crippen LogP contribution is 2.33. The second kappa shape index (κ2) is 4.65. The summed E-state index contributed by atoms with van der Waals surface area (Å²) in [4.78, 5) is 16.0. The molecule has 0 aliphatic carbocycles. The number of ketones is 1. The fraction of sp³-hybridized carbons (Fsp3) is 0.0909. The van der Waals surface area contributed by atoms with Crippen LogP contribution in [0.25, 0.3) is 10.6 Å². The number of thiazole rings is 1. The zero-order chi connectivity index (χ0) is 11.7. The number of aromatic nitrogens is 1. The van der Waals surface area contributed by atoms with Gasteiger partial charge in [-0.3, -0.25) is 4.79 Å². The highest BCUT2D eigenvalue weighted by molar-refractivity contribution is 9.10. The average molecular weight is 317 g/mol. The Hall–Kier alpha value is -0.710. The summed E-state index contributed by atoms with van der Waals surface area (Å²) >= 11 is 10.7. The number of carbonyl (C=O) groups is 1. The Kier molecular flexibility index (Phi) is 3.42. The summed E-state index contributed by atoms with van der Waals surface area (Å²) in [7, 11) is 0. The van der Waals surface area contributed by atoms with Crippen molar-refractivity contribution in [1.29, 1.82) is 0 Å². The number of carbonyl (C=O) groups excluding carboxylic acids is 1. The molecule has 82 valence electrons. The molecule has 0 N–H and O–H groups in total. The smallest absolute Gasteiger partial charge is 0.171 e. The van der Waals surface area contributed by atoms with Gasteiger partial charge in [-0.05, 0) is 18.2 Å². The summed E-state index contributed by atoms with van der Waals surface area (Å²) in [5.74, 6) is 0.0295. The summed E-state index contributed by atoms with van der Waals surface area (Å²) in [6, 6.07) is 5.50. The number of benzene rings is 1. The summed E-state index contributed by atoms with van der Waals surface area (Å²) in [6.07, 6.45) is 1.59. The van der Waals surface area contributed by atoms with E-state index in [4.69, 9.17) is 11.6 Å². The normalized spacial score (nSPS) is 10.4. The van der Waals surface area contributed by atoms with Gasteiger partial charge in [-0.2, -0.15) is 0 Å². The van der Waals surface area contributed by atoms with Gasteiger partial charge >= 0.3 is 0 Å². The molecule has 5 heteroatoms. The van der Waals surface area contributed by atoms with Gasteiger partial charge in [0.1, 0.15) is 5.01 Å². The standard InChI is InChI=1S/C11H7BrClNOS/c1-6(15)10-5-14-11(16-10)8-4-7(13)2-3-9(8)12/h2-5H,1H3. The molecule has 0 saturated heterocycles. The fourth-order valence-corrected chi connectivity index (χ4v) is 2.80. The van der Waals surface area contributed by atoms with Crippen molar-refractivity contribution in [3.63, 3.8) is 0 Å². The third kappa shape index (κ3) is 2.34. The van der Waals surface area contributed by atoms with Crippen LogP contribution in [0.5, 0.6) is 0 Å². The van der Waals surface area contributed by atoms with E-state index in [1.165, 1.54) is 18.3 Å². The van der Waals surface area contributed by atoms with Crippen LogP contribution in [0.3, 0.4) is 0 Å². The molecule has 0 spiro atoms. The largest absolute Gasteiger partial charge is 0.294 e. The van der Waals surface area contributed by atoms with Gasteiger partial charge in [0, 0.05) is 28.2 Å². The van der Waals surface area contributed by atoms with Gasteiger partial charge in [0.2, 0.25) is 0 Å². The monoisotopic (exact) mass is 315 g/mol. The van der Waals surface area contributed by atoms with E-state index in [0.717, 1.165) is 15.0 Å². The van der Waals surface area contributed by atoms with Gasteiger partial charge in [-0.15, -0.1) is 11.3 Å². The van der Waals surface area contributed by atoms with Crippen molar-refractivity contribution in [2.45, 2.75) is 6.92 Å². The van der Waals surface area contributed by atoms with Crippen molar-refractivity contribution in [3.05, 3.63) is 38.8 Å². The SMILES string of the molecule is CC(=O)c1cnc(-c2cc(Cl)ccc2Br)s1. The van der Waals surface area contributed by atoms with E-state index in [0.29, 0.717) is 9.90 Å². The molecule has 2 rings (SSSR count). The topological polar surface area (TPSA) is 30.0 Å². The van der Waals surface area contributed by atoms with Crippen molar-refractivity contribution < 1.29 is 4.79 Å². The predicted octanol–water partition coefficient (Wildman–Crippen LogP) is 4.43. The first-order chi connectivity index (χ1) is 7.58. The molecule has 0 fully saturated rings. The van der Waals surface area contributed by atoms with Crippen molar-refractivity contribution in [2.75, 3.05) is 0 Å². The van der Waals surface area contributed by atoms with Crippen LogP contribution in [-0.2, 0) is 0 Å². The molecule has 1 aromatic heterocycles. The van der Waals surface area contributed by atoms with E-state index in [2.05, 4.69) is 20.9 Å². The molecule has 0 amide bonds. The van der Waals surface area contributed by atoms with Crippen LogP contribution in [0.15, 0.2) is 28.9 Å². The maximum atomic E-state index is 11.2. The Morgan fingerprint density at radius 1 is 1.50 bits per heavy atom. The van der Waals surface area contributed by atoms with Gasteiger partial charge < -0.3 is 0 Å². The predicted molar refractivity (Wildman–Crippen MR) is 70.3 cm³/mol. The van der Waals surface area contributed by atoms with Crippen molar-refractivity contribution >= 4 is 44.7 Å². The molecule has 0 aliphatic rings. The third-order valence-electron chi connectivity index (χ3n) is 2.01.